The fourth-order valence-corrected chi connectivity index (χ4v) is 3.36. The van der Waals surface area contributed by atoms with Crippen molar-refractivity contribution in [2.24, 2.45) is 5.92 Å². The van der Waals surface area contributed by atoms with Gasteiger partial charge in [0.25, 0.3) is 0 Å². The maximum atomic E-state index is 12.1. The van der Waals surface area contributed by atoms with Crippen LogP contribution in [0.4, 0.5) is 5.69 Å². The Kier molecular flexibility index (Phi) is 5.48. The van der Waals surface area contributed by atoms with Crippen LogP contribution >= 0.6 is 11.3 Å². The van der Waals surface area contributed by atoms with E-state index in [-0.39, 0.29) is 24.2 Å². The van der Waals surface area contributed by atoms with Crippen LogP contribution in [-0.4, -0.2) is 22.0 Å². The van der Waals surface area contributed by atoms with E-state index >= 15 is 0 Å². The first-order valence-corrected chi connectivity index (χ1v) is 10.1. The molecule has 28 heavy (non-hydrogen) atoms. The van der Waals surface area contributed by atoms with Crippen molar-refractivity contribution in [1.82, 2.24) is 15.5 Å². The summed E-state index contributed by atoms with van der Waals surface area (Å²) in [6.07, 6.45) is 2.59. The highest BCUT2D eigenvalue weighted by Gasteiger charge is 2.29. The second-order valence-corrected chi connectivity index (χ2v) is 7.54. The van der Waals surface area contributed by atoms with Gasteiger partial charge in [-0.3, -0.25) is 9.59 Å². The van der Waals surface area contributed by atoms with Crippen LogP contribution in [0.1, 0.15) is 30.7 Å². The van der Waals surface area contributed by atoms with E-state index in [0.717, 1.165) is 29.7 Å². The summed E-state index contributed by atoms with van der Waals surface area (Å²) in [5.41, 5.74) is 2.60. The van der Waals surface area contributed by atoms with Gasteiger partial charge < -0.3 is 15.2 Å². The lowest BCUT2D eigenvalue weighted by Crippen LogP contribution is -2.23. The smallest absolute Gasteiger partial charge is 0.227 e. The molecule has 7 nitrogen and oxygen atoms in total. The minimum Gasteiger partial charge on any atom is -0.352 e. The van der Waals surface area contributed by atoms with E-state index in [1.807, 2.05) is 41.1 Å². The van der Waals surface area contributed by atoms with Gasteiger partial charge in [-0.15, -0.1) is 0 Å². The van der Waals surface area contributed by atoms with Gasteiger partial charge in [-0.25, -0.2) is 0 Å². The highest BCUT2D eigenvalue weighted by atomic mass is 32.1. The Hall–Kier alpha value is -3.00. The number of benzene rings is 1. The maximum absolute atomic E-state index is 12.1. The zero-order chi connectivity index (χ0) is 19.3. The van der Waals surface area contributed by atoms with E-state index < -0.39 is 0 Å². The molecule has 2 amide bonds. The molecule has 0 aliphatic heterocycles. The summed E-state index contributed by atoms with van der Waals surface area (Å²) in [4.78, 5) is 28.3. The molecule has 0 bridgehead atoms. The van der Waals surface area contributed by atoms with Crippen LogP contribution in [-0.2, 0) is 22.6 Å². The quantitative estimate of drug-likeness (QED) is 0.608. The fraction of sp³-hybridized carbons (Fsp3) is 0.300. The minimum absolute atomic E-state index is 0.0718. The molecule has 0 radical (unpaired) electrons. The Morgan fingerprint density at radius 2 is 2.14 bits per heavy atom. The largest absolute Gasteiger partial charge is 0.352 e. The molecule has 1 aromatic carbocycles. The zero-order valence-electron chi connectivity index (χ0n) is 15.2. The lowest BCUT2D eigenvalue weighted by Gasteiger charge is -2.08. The first-order valence-electron chi connectivity index (χ1n) is 9.19. The van der Waals surface area contributed by atoms with Crippen molar-refractivity contribution in [3.05, 3.63) is 52.5 Å². The van der Waals surface area contributed by atoms with Crippen molar-refractivity contribution in [1.29, 1.82) is 0 Å². The molecule has 144 valence electrons. The number of carbonyl (C=O) groups excluding carboxylic acids is 2. The molecule has 8 heteroatoms. The third-order valence-electron chi connectivity index (χ3n) is 4.45. The minimum atomic E-state index is -0.0947. The highest BCUT2D eigenvalue weighted by molar-refractivity contribution is 7.08. The van der Waals surface area contributed by atoms with E-state index in [0.29, 0.717) is 24.7 Å². The standard InChI is InChI=1S/C20H20N4O3S/c25-17(6-7-18-23-19(24-27-18)15-8-9-28-12-15)21-11-13-2-1-3-16(10-13)22-20(26)14-4-5-14/h1-3,8-10,12,14H,4-7,11H2,(H,21,25)(H,22,26). The normalized spacial score (nSPS) is 13.3. The Morgan fingerprint density at radius 1 is 1.25 bits per heavy atom. The Bertz CT molecular complexity index is 964. The lowest BCUT2D eigenvalue weighted by molar-refractivity contribution is -0.121. The van der Waals surface area contributed by atoms with E-state index in [1.54, 1.807) is 11.3 Å². The number of hydrogen-bond acceptors (Lipinski definition) is 6. The van der Waals surface area contributed by atoms with Crippen LogP contribution < -0.4 is 10.6 Å². The molecule has 3 aromatic rings. The maximum Gasteiger partial charge on any atom is 0.227 e. The fourth-order valence-electron chi connectivity index (χ4n) is 2.72. The predicted molar refractivity (Wildman–Crippen MR) is 106 cm³/mol. The Labute approximate surface area is 166 Å². The van der Waals surface area contributed by atoms with E-state index in [9.17, 15) is 9.59 Å². The molecule has 1 aliphatic carbocycles. The molecular weight excluding hydrogens is 376 g/mol. The molecule has 1 saturated carbocycles. The van der Waals surface area contributed by atoms with Crippen molar-refractivity contribution in [3.63, 3.8) is 0 Å². The van der Waals surface area contributed by atoms with Gasteiger partial charge >= 0.3 is 0 Å². The molecule has 4 rings (SSSR count). The van der Waals surface area contributed by atoms with Crippen LogP contribution in [0.3, 0.4) is 0 Å². The Morgan fingerprint density at radius 3 is 2.93 bits per heavy atom. The van der Waals surface area contributed by atoms with Gasteiger partial charge in [0.2, 0.25) is 23.5 Å². The molecule has 0 unspecified atom stereocenters. The number of thiophene rings is 1. The van der Waals surface area contributed by atoms with Crippen LogP contribution in [0, 0.1) is 5.92 Å². The van der Waals surface area contributed by atoms with Crippen molar-refractivity contribution >= 4 is 28.8 Å². The molecule has 2 aromatic heterocycles. The summed E-state index contributed by atoms with van der Waals surface area (Å²) >= 11 is 1.57. The molecule has 2 heterocycles. The zero-order valence-corrected chi connectivity index (χ0v) is 16.0. The first-order chi connectivity index (χ1) is 13.7. The van der Waals surface area contributed by atoms with Crippen LogP contribution in [0.15, 0.2) is 45.6 Å². The van der Waals surface area contributed by atoms with Crippen LogP contribution in [0.2, 0.25) is 0 Å². The highest BCUT2D eigenvalue weighted by Crippen LogP contribution is 2.30. The molecule has 0 spiro atoms. The SMILES string of the molecule is O=C(CCc1nc(-c2ccsc2)no1)NCc1cccc(NC(=O)C2CC2)c1. The summed E-state index contributed by atoms with van der Waals surface area (Å²) in [5.74, 6) is 1.13. The molecule has 0 atom stereocenters. The number of amides is 2. The molecule has 1 fully saturated rings. The van der Waals surface area contributed by atoms with Crippen molar-refractivity contribution < 1.29 is 14.1 Å². The molecule has 1 aliphatic rings. The summed E-state index contributed by atoms with van der Waals surface area (Å²) in [7, 11) is 0. The average Bonchev–Trinajstić information content (AvgIpc) is 3.21. The molecule has 2 N–H and O–H groups in total. The van der Waals surface area contributed by atoms with E-state index in [2.05, 4.69) is 20.8 Å². The monoisotopic (exact) mass is 396 g/mol. The van der Waals surface area contributed by atoms with Crippen LogP contribution in [0.5, 0.6) is 0 Å². The lowest BCUT2D eigenvalue weighted by atomic mass is 10.2. The molecular formula is C20H20N4O3S. The predicted octanol–water partition coefficient (Wildman–Crippen LogP) is 3.40. The van der Waals surface area contributed by atoms with E-state index in [4.69, 9.17) is 4.52 Å². The number of anilines is 1. The van der Waals surface area contributed by atoms with E-state index in [1.165, 1.54) is 0 Å². The number of aromatic nitrogens is 2. The van der Waals surface area contributed by atoms with Gasteiger partial charge in [-0.05, 0) is 42.0 Å². The number of nitrogens with one attached hydrogen (secondary N) is 2. The summed E-state index contributed by atoms with van der Waals surface area (Å²) in [6.45, 7) is 0.399. The number of aryl methyl sites for hydroxylation is 1. The number of hydrogen-bond donors (Lipinski definition) is 2. The number of nitrogens with zero attached hydrogens (tertiary/aromatic N) is 2. The van der Waals surface area contributed by atoms with Crippen molar-refractivity contribution in [2.45, 2.75) is 32.2 Å². The van der Waals surface area contributed by atoms with Gasteiger partial charge in [0.15, 0.2) is 0 Å². The van der Waals surface area contributed by atoms with Gasteiger partial charge in [-0.2, -0.15) is 16.3 Å². The summed E-state index contributed by atoms with van der Waals surface area (Å²) < 4.78 is 5.20. The van der Waals surface area contributed by atoms with Gasteiger partial charge in [0.05, 0.1) is 0 Å². The van der Waals surface area contributed by atoms with Gasteiger partial charge in [0.1, 0.15) is 0 Å². The Balaban J connectivity index is 1.24. The second kappa shape index (κ2) is 8.35. The van der Waals surface area contributed by atoms with Gasteiger partial charge in [-0.1, -0.05) is 17.3 Å². The van der Waals surface area contributed by atoms with Crippen molar-refractivity contribution in [2.75, 3.05) is 5.32 Å². The number of rotatable bonds is 8. The second-order valence-electron chi connectivity index (χ2n) is 6.76. The van der Waals surface area contributed by atoms with Crippen LogP contribution in [0.25, 0.3) is 11.4 Å². The molecule has 0 saturated heterocycles. The topological polar surface area (TPSA) is 97.1 Å². The third-order valence-corrected chi connectivity index (χ3v) is 5.13. The summed E-state index contributed by atoms with van der Waals surface area (Å²) in [5, 5.41) is 13.6. The summed E-state index contributed by atoms with van der Waals surface area (Å²) in [6, 6.07) is 9.44. The number of carbonyl (C=O) groups is 2. The third kappa shape index (κ3) is 4.83. The first kappa shape index (κ1) is 18.4. The van der Waals surface area contributed by atoms with Gasteiger partial charge in [0, 0.05) is 41.9 Å². The average molecular weight is 396 g/mol. The van der Waals surface area contributed by atoms with Crippen molar-refractivity contribution in [3.8, 4) is 11.4 Å².